The van der Waals surface area contributed by atoms with Crippen LogP contribution in [0.5, 0.6) is 5.88 Å². The van der Waals surface area contributed by atoms with Gasteiger partial charge >= 0.3 is 0 Å². The molecule has 0 radical (unpaired) electrons. The van der Waals surface area contributed by atoms with Crippen LogP contribution in [0.1, 0.15) is 11.6 Å². The summed E-state index contributed by atoms with van der Waals surface area (Å²) in [6.45, 7) is 0. The van der Waals surface area contributed by atoms with Crippen molar-refractivity contribution in [1.82, 2.24) is 19.7 Å². The fourth-order valence-corrected chi connectivity index (χ4v) is 1.97. The molecule has 1 aliphatic heterocycles. The molecule has 2 aromatic heterocycles. The number of hydrogen-bond acceptors (Lipinski definition) is 6. The highest BCUT2D eigenvalue weighted by molar-refractivity contribution is 6.03. The summed E-state index contributed by atoms with van der Waals surface area (Å²) in [6, 6.07) is -0.527. The van der Waals surface area contributed by atoms with E-state index in [2.05, 4.69) is 25.7 Å². The van der Waals surface area contributed by atoms with Crippen LogP contribution in [0.3, 0.4) is 0 Å². The first-order chi connectivity index (χ1) is 9.19. The summed E-state index contributed by atoms with van der Waals surface area (Å²) < 4.78 is 6.72. The molecule has 2 N–H and O–H groups in total. The van der Waals surface area contributed by atoms with Gasteiger partial charge in [0.15, 0.2) is 5.82 Å². The van der Waals surface area contributed by atoms with Crippen LogP contribution in [-0.4, -0.2) is 32.8 Å². The van der Waals surface area contributed by atoms with Gasteiger partial charge in [0.25, 0.3) is 5.91 Å². The number of nitrogens with zero attached hydrogens (tertiary/aromatic N) is 4. The molecular weight excluding hydrogens is 248 g/mol. The summed E-state index contributed by atoms with van der Waals surface area (Å²) in [4.78, 5) is 20.2. The zero-order valence-electron chi connectivity index (χ0n) is 10.4. The van der Waals surface area contributed by atoms with Crippen molar-refractivity contribution in [1.29, 1.82) is 0 Å². The molecule has 0 fully saturated rings. The summed E-state index contributed by atoms with van der Waals surface area (Å²) in [5, 5.41) is 9.86. The lowest BCUT2D eigenvalue weighted by atomic mass is 10.1. The molecule has 0 aliphatic carbocycles. The molecule has 0 spiro atoms. The van der Waals surface area contributed by atoms with E-state index in [-0.39, 0.29) is 5.91 Å². The normalized spacial score (nSPS) is 17.4. The number of fused-ring (bicyclic) bond motifs is 1. The average Bonchev–Trinajstić information content (AvgIpc) is 2.84. The van der Waals surface area contributed by atoms with Gasteiger partial charge in [0.05, 0.1) is 13.3 Å². The number of aromatic nitrogens is 4. The minimum atomic E-state index is -0.527. The first-order valence-electron chi connectivity index (χ1n) is 5.64. The Morgan fingerprint density at radius 2 is 2.26 bits per heavy atom. The number of hydrogen-bond donors (Lipinski definition) is 2. The van der Waals surface area contributed by atoms with E-state index in [0.29, 0.717) is 17.4 Å². The molecule has 2 aromatic rings. The molecule has 0 bridgehead atoms. The number of aryl methyl sites for hydroxylation is 1. The smallest absolute Gasteiger partial charge is 0.251 e. The lowest BCUT2D eigenvalue weighted by Gasteiger charge is -2.25. The molecule has 0 aromatic carbocycles. The Hall–Kier alpha value is -2.64. The number of methoxy groups -OCH3 is 1. The predicted molar refractivity (Wildman–Crippen MR) is 66.8 cm³/mol. The third-order valence-corrected chi connectivity index (χ3v) is 2.86. The van der Waals surface area contributed by atoms with Crippen molar-refractivity contribution in [3.63, 3.8) is 0 Å². The molecule has 1 atom stereocenters. The monoisotopic (exact) mass is 260 g/mol. The average molecular weight is 260 g/mol. The first kappa shape index (κ1) is 11.5. The molecular formula is C11H12N6O2. The summed E-state index contributed by atoms with van der Waals surface area (Å²) in [5.74, 6) is 0.657. The molecule has 19 heavy (non-hydrogen) atoms. The minimum Gasteiger partial charge on any atom is -0.479 e. The Morgan fingerprint density at radius 3 is 2.95 bits per heavy atom. The van der Waals surface area contributed by atoms with Gasteiger partial charge in [-0.15, -0.1) is 0 Å². The van der Waals surface area contributed by atoms with Gasteiger partial charge in [-0.1, -0.05) is 0 Å². The summed E-state index contributed by atoms with van der Waals surface area (Å²) in [5.41, 5.74) is 1.22. The maximum Gasteiger partial charge on any atom is 0.251 e. The summed E-state index contributed by atoms with van der Waals surface area (Å²) >= 11 is 0. The van der Waals surface area contributed by atoms with E-state index < -0.39 is 6.04 Å². The maximum absolute atomic E-state index is 12.1. The van der Waals surface area contributed by atoms with Gasteiger partial charge in [0.2, 0.25) is 5.88 Å². The van der Waals surface area contributed by atoms with Gasteiger partial charge < -0.3 is 15.4 Å². The number of ether oxygens (including phenoxy) is 1. The van der Waals surface area contributed by atoms with E-state index in [1.54, 1.807) is 24.1 Å². The molecule has 8 nitrogen and oxygen atoms in total. The van der Waals surface area contributed by atoms with Crippen molar-refractivity contribution >= 4 is 17.4 Å². The zero-order chi connectivity index (χ0) is 13.4. The van der Waals surface area contributed by atoms with Crippen LogP contribution in [0.15, 0.2) is 18.7 Å². The van der Waals surface area contributed by atoms with Crippen molar-refractivity contribution in [3.05, 3.63) is 24.3 Å². The van der Waals surface area contributed by atoms with Crippen molar-refractivity contribution in [3.8, 4) is 5.88 Å². The highest BCUT2D eigenvalue weighted by atomic mass is 16.5. The number of anilines is 2. The maximum atomic E-state index is 12.1. The Balaban J connectivity index is 1.98. The number of amides is 1. The largest absolute Gasteiger partial charge is 0.479 e. The van der Waals surface area contributed by atoms with Crippen molar-refractivity contribution in [2.24, 2.45) is 7.05 Å². The Labute approximate surface area is 108 Å². The van der Waals surface area contributed by atoms with Crippen molar-refractivity contribution in [2.75, 3.05) is 17.7 Å². The molecule has 1 aliphatic rings. The fourth-order valence-electron chi connectivity index (χ4n) is 1.97. The Bertz CT molecular complexity index is 638. The summed E-state index contributed by atoms with van der Waals surface area (Å²) in [7, 11) is 3.28. The third kappa shape index (κ3) is 1.86. The Kier molecular flexibility index (Phi) is 2.55. The SMILES string of the molecule is COc1ncnc2c1NC(=O)C(c1cnn(C)c1)N2. The van der Waals surface area contributed by atoms with Gasteiger partial charge in [0, 0.05) is 18.8 Å². The lowest BCUT2D eigenvalue weighted by molar-refractivity contribution is -0.117. The van der Waals surface area contributed by atoms with E-state index in [0.717, 1.165) is 5.56 Å². The second-order valence-electron chi connectivity index (χ2n) is 4.12. The fraction of sp³-hybridized carbons (Fsp3) is 0.273. The molecule has 3 rings (SSSR count). The van der Waals surface area contributed by atoms with Crippen LogP contribution < -0.4 is 15.4 Å². The minimum absolute atomic E-state index is 0.200. The molecule has 98 valence electrons. The highest BCUT2D eigenvalue weighted by Gasteiger charge is 2.30. The van der Waals surface area contributed by atoms with Gasteiger partial charge in [-0.2, -0.15) is 10.1 Å². The van der Waals surface area contributed by atoms with Crippen molar-refractivity contribution in [2.45, 2.75) is 6.04 Å². The molecule has 0 saturated carbocycles. The van der Waals surface area contributed by atoms with Crippen LogP contribution in [0.25, 0.3) is 0 Å². The van der Waals surface area contributed by atoms with E-state index in [9.17, 15) is 4.79 Å². The van der Waals surface area contributed by atoms with Gasteiger partial charge in [-0.05, 0) is 0 Å². The topological polar surface area (TPSA) is 94.0 Å². The molecule has 0 saturated heterocycles. The van der Waals surface area contributed by atoms with Crippen LogP contribution in [0.2, 0.25) is 0 Å². The first-order valence-corrected chi connectivity index (χ1v) is 5.64. The molecule has 8 heteroatoms. The number of nitrogens with one attached hydrogen (secondary N) is 2. The molecule has 3 heterocycles. The number of rotatable bonds is 2. The van der Waals surface area contributed by atoms with Crippen LogP contribution in [0.4, 0.5) is 11.5 Å². The Morgan fingerprint density at radius 1 is 1.42 bits per heavy atom. The number of carbonyl (C=O) groups is 1. The quantitative estimate of drug-likeness (QED) is 0.807. The summed E-state index contributed by atoms with van der Waals surface area (Å²) in [6.07, 6.45) is 4.80. The lowest BCUT2D eigenvalue weighted by Crippen LogP contribution is -2.32. The van der Waals surface area contributed by atoms with Crippen molar-refractivity contribution < 1.29 is 9.53 Å². The predicted octanol–water partition coefficient (Wildman–Crippen LogP) is 0.324. The second-order valence-corrected chi connectivity index (χ2v) is 4.12. The van der Waals surface area contributed by atoms with Gasteiger partial charge in [-0.25, -0.2) is 4.98 Å². The van der Waals surface area contributed by atoms with E-state index in [1.807, 2.05) is 0 Å². The molecule has 1 amide bonds. The van der Waals surface area contributed by atoms with E-state index in [1.165, 1.54) is 13.4 Å². The van der Waals surface area contributed by atoms with E-state index >= 15 is 0 Å². The standard InChI is InChI=1S/C11H12N6O2/c1-17-4-6(3-14-17)7-10(18)16-8-9(15-7)12-5-13-11(8)19-2/h3-5,7H,1-2H3,(H,16,18)(H,12,13,15). The van der Waals surface area contributed by atoms with E-state index in [4.69, 9.17) is 4.74 Å². The van der Waals surface area contributed by atoms with Gasteiger partial charge in [-0.3, -0.25) is 9.48 Å². The van der Waals surface area contributed by atoms with Crippen LogP contribution in [0, 0.1) is 0 Å². The second kappa shape index (κ2) is 4.23. The molecule has 1 unspecified atom stereocenters. The van der Waals surface area contributed by atoms with Crippen LogP contribution in [-0.2, 0) is 11.8 Å². The number of carbonyl (C=O) groups excluding carboxylic acids is 1. The third-order valence-electron chi connectivity index (χ3n) is 2.86. The highest BCUT2D eigenvalue weighted by Crippen LogP contribution is 2.35. The van der Waals surface area contributed by atoms with Gasteiger partial charge in [0.1, 0.15) is 18.1 Å². The zero-order valence-corrected chi connectivity index (χ0v) is 10.4. The van der Waals surface area contributed by atoms with Crippen LogP contribution >= 0.6 is 0 Å².